The van der Waals surface area contributed by atoms with Crippen LogP contribution in [0.2, 0.25) is 0 Å². The van der Waals surface area contributed by atoms with Crippen molar-refractivity contribution in [2.75, 3.05) is 5.32 Å². The minimum Gasteiger partial charge on any atom is -0.481 e. The zero-order valence-electron chi connectivity index (χ0n) is 14.2. The molecule has 0 aromatic heterocycles. The van der Waals surface area contributed by atoms with Gasteiger partial charge in [0.2, 0.25) is 10.0 Å². The monoisotopic (exact) mass is 431 g/mol. The molecule has 2 rings (SSSR count). The zero-order chi connectivity index (χ0) is 21.4. The summed E-state index contributed by atoms with van der Waals surface area (Å²) in [6.07, 6.45) is -4.33. The molecule has 0 radical (unpaired) electrons. The summed E-state index contributed by atoms with van der Waals surface area (Å²) in [5, 5.41) is 15.1. The van der Waals surface area contributed by atoms with Crippen LogP contribution in [0.15, 0.2) is 26.3 Å². The number of halogens is 3. The average molecular weight is 431 g/mol. The van der Waals surface area contributed by atoms with Gasteiger partial charge in [0.1, 0.15) is 11.2 Å². The van der Waals surface area contributed by atoms with Gasteiger partial charge >= 0.3 is 12.1 Å². The van der Waals surface area contributed by atoms with Crippen molar-refractivity contribution in [3.05, 3.63) is 17.7 Å². The van der Waals surface area contributed by atoms with Gasteiger partial charge in [-0.2, -0.15) is 21.6 Å². The molecule has 1 aliphatic heterocycles. The minimum absolute atomic E-state index is 0.340. The molecule has 0 fully saturated rings. The van der Waals surface area contributed by atoms with Gasteiger partial charge in [-0.3, -0.25) is 4.79 Å². The lowest BCUT2D eigenvalue weighted by molar-refractivity contribution is -0.145. The fraction of sp³-hybridized carbons (Fsp3) is 0.385. The average Bonchev–Trinajstić information content (AvgIpc) is 2.43. The van der Waals surface area contributed by atoms with Crippen molar-refractivity contribution >= 4 is 38.0 Å². The van der Waals surface area contributed by atoms with Crippen molar-refractivity contribution in [3.63, 3.8) is 0 Å². The number of carboxylic acids is 1. The number of nitrogens with two attached hydrogens (primary N) is 1. The van der Waals surface area contributed by atoms with Crippen LogP contribution in [-0.4, -0.2) is 34.2 Å². The number of aliphatic carboxylic acids is 1. The first kappa shape index (κ1) is 22.9. The van der Waals surface area contributed by atoms with E-state index in [1.165, 1.54) is 0 Å². The van der Waals surface area contributed by atoms with Gasteiger partial charge in [-0.05, 0) is 32.9 Å². The van der Waals surface area contributed by atoms with E-state index in [2.05, 4.69) is 9.71 Å². The van der Waals surface area contributed by atoms with Gasteiger partial charge in [0.25, 0.3) is 10.0 Å². The van der Waals surface area contributed by atoms with E-state index in [9.17, 15) is 34.8 Å². The van der Waals surface area contributed by atoms with Crippen LogP contribution in [-0.2, 0) is 31.0 Å². The third kappa shape index (κ3) is 5.64. The van der Waals surface area contributed by atoms with Gasteiger partial charge in [-0.1, -0.05) is 0 Å². The summed E-state index contributed by atoms with van der Waals surface area (Å²) in [7, 11) is -9.03. The number of hydrogen-bond donors (Lipinski definition) is 3. The molecular weight excluding hydrogens is 415 g/mol. The van der Waals surface area contributed by atoms with E-state index >= 15 is 0 Å². The van der Waals surface area contributed by atoms with Crippen molar-refractivity contribution in [3.8, 4) is 0 Å². The summed E-state index contributed by atoms with van der Waals surface area (Å²) in [6.45, 7) is 4.99. The summed E-state index contributed by atoms with van der Waals surface area (Å²) in [6, 6.07) is 0.699. The topological polar surface area (TPSA) is 156 Å². The first-order valence-corrected chi connectivity index (χ1v) is 9.93. The molecule has 0 atom stereocenters. The van der Waals surface area contributed by atoms with E-state index in [-0.39, 0.29) is 0 Å². The Labute approximate surface area is 153 Å². The second-order valence-corrected chi connectivity index (χ2v) is 9.43. The number of alkyl halides is 3. The van der Waals surface area contributed by atoms with Crippen LogP contribution in [0, 0.1) is 5.41 Å². The number of sulfonamides is 2. The number of nitrogens with one attached hydrogen (secondary N) is 1. The molecule has 27 heavy (non-hydrogen) atoms. The van der Waals surface area contributed by atoms with Crippen LogP contribution < -0.4 is 10.5 Å². The molecule has 0 saturated heterocycles. The van der Waals surface area contributed by atoms with Gasteiger partial charge in [0, 0.05) is 0 Å². The normalized spacial score (nSPS) is 15.8. The van der Waals surface area contributed by atoms with Crippen LogP contribution in [0.3, 0.4) is 0 Å². The van der Waals surface area contributed by atoms with Gasteiger partial charge in [-0.15, -0.1) is 4.40 Å². The lowest BCUT2D eigenvalue weighted by Crippen LogP contribution is -2.21. The highest BCUT2D eigenvalue weighted by atomic mass is 32.2. The molecule has 1 heterocycles. The molecule has 152 valence electrons. The minimum atomic E-state index is -5.02. The van der Waals surface area contributed by atoms with Crippen LogP contribution in [0.5, 0.6) is 0 Å². The zero-order valence-corrected chi connectivity index (χ0v) is 15.8. The Kier molecular flexibility index (Phi) is 6.00. The Morgan fingerprint density at radius 1 is 1.22 bits per heavy atom. The van der Waals surface area contributed by atoms with E-state index in [0.29, 0.717) is 18.5 Å². The van der Waals surface area contributed by atoms with E-state index in [1.807, 2.05) is 0 Å². The molecule has 1 aromatic rings. The molecular formula is C13H16F3N3O6S2. The smallest absolute Gasteiger partial charge is 0.417 e. The van der Waals surface area contributed by atoms with Crippen molar-refractivity contribution in [1.29, 1.82) is 0 Å². The predicted molar refractivity (Wildman–Crippen MR) is 89.2 cm³/mol. The molecule has 0 amide bonds. The fourth-order valence-corrected chi connectivity index (χ4v) is 3.37. The number of nitrogens with zero attached hydrogens (tertiary/aromatic N) is 1. The summed E-state index contributed by atoms with van der Waals surface area (Å²) >= 11 is 0. The molecule has 0 bridgehead atoms. The van der Waals surface area contributed by atoms with Crippen molar-refractivity contribution in [1.82, 2.24) is 0 Å². The summed E-state index contributed by atoms with van der Waals surface area (Å²) < 4.78 is 87.0. The lowest BCUT2D eigenvalue weighted by atomic mass is 9.98. The van der Waals surface area contributed by atoms with Gasteiger partial charge in [-0.25, -0.2) is 13.6 Å². The summed E-state index contributed by atoms with van der Waals surface area (Å²) in [4.78, 5) is 8.00. The Balaban J connectivity index is 0.000000445. The molecule has 1 aliphatic rings. The standard InChI is InChI=1S/C8H6F3N3O4S2.C5H10O2/c9-8(10,11)4-1-5-7(2-6(4)19(12,15)16)20(17,18)14-3-13-5;1-5(2,3)4(6)7/h1-3H,(H,13,14)(H2,12,15,16);1-3H3,(H,6,7). The Morgan fingerprint density at radius 3 is 2.07 bits per heavy atom. The van der Waals surface area contributed by atoms with Crippen molar-refractivity contribution in [2.45, 2.75) is 36.7 Å². The number of fused-ring (bicyclic) bond motifs is 1. The molecule has 0 aliphatic carbocycles. The van der Waals surface area contributed by atoms with Crippen LogP contribution >= 0.6 is 0 Å². The van der Waals surface area contributed by atoms with Crippen LogP contribution in [0.25, 0.3) is 0 Å². The van der Waals surface area contributed by atoms with E-state index < -0.39 is 58.6 Å². The second kappa shape index (κ2) is 7.09. The summed E-state index contributed by atoms with van der Waals surface area (Å²) in [5.41, 5.74) is -2.57. The van der Waals surface area contributed by atoms with Crippen molar-refractivity contribution < 1.29 is 39.9 Å². The van der Waals surface area contributed by atoms with E-state index in [1.54, 1.807) is 20.8 Å². The first-order valence-electron chi connectivity index (χ1n) is 6.94. The lowest BCUT2D eigenvalue weighted by Gasteiger charge is -2.17. The van der Waals surface area contributed by atoms with Gasteiger partial charge in [0.05, 0.1) is 21.6 Å². The number of primary sulfonamides is 1. The third-order valence-corrected chi connectivity index (χ3v) is 5.25. The predicted octanol–water partition coefficient (Wildman–Crippen LogP) is 1.61. The number of carbonyl (C=O) groups is 1. The fourth-order valence-electron chi connectivity index (χ4n) is 1.57. The SMILES string of the molecule is CC(C)(C)C(=O)O.NS(=O)(=O)c1cc2c(cc1C(F)(F)F)NC=NS2(=O)=O. The number of carboxylic acid groups (broad SMARTS) is 1. The van der Waals surface area contributed by atoms with Gasteiger partial charge < -0.3 is 10.4 Å². The highest BCUT2D eigenvalue weighted by molar-refractivity contribution is 7.91. The molecule has 0 unspecified atom stereocenters. The second-order valence-electron chi connectivity index (χ2n) is 6.30. The van der Waals surface area contributed by atoms with E-state index in [4.69, 9.17) is 10.2 Å². The number of rotatable bonds is 1. The molecule has 1 aromatic carbocycles. The van der Waals surface area contributed by atoms with Gasteiger partial charge in [0.15, 0.2) is 0 Å². The maximum atomic E-state index is 12.8. The Hall–Kier alpha value is -2.19. The van der Waals surface area contributed by atoms with E-state index in [0.717, 1.165) is 0 Å². The van der Waals surface area contributed by atoms with Crippen LogP contribution in [0.1, 0.15) is 26.3 Å². The van der Waals surface area contributed by atoms with Crippen LogP contribution in [0.4, 0.5) is 18.9 Å². The highest BCUT2D eigenvalue weighted by Crippen LogP contribution is 2.39. The largest absolute Gasteiger partial charge is 0.481 e. The summed E-state index contributed by atoms with van der Waals surface area (Å²) in [5.74, 6) is -0.757. The Morgan fingerprint density at radius 2 is 1.70 bits per heavy atom. The molecule has 4 N–H and O–H groups in total. The quantitative estimate of drug-likeness (QED) is 0.610. The molecule has 0 spiro atoms. The van der Waals surface area contributed by atoms with Crippen molar-refractivity contribution in [2.24, 2.45) is 15.0 Å². The number of benzene rings is 1. The third-order valence-electron chi connectivity index (χ3n) is 3.02. The Bertz CT molecular complexity index is 993. The highest BCUT2D eigenvalue weighted by Gasteiger charge is 2.39. The number of anilines is 1. The molecule has 9 nitrogen and oxygen atoms in total. The molecule has 0 saturated carbocycles. The maximum Gasteiger partial charge on any atom is 0.417 e. The molecule has 14 heteroatoms. The maximum absolute atomic E-state index is 12.8. The first-order chi connectivity index (χ1) is 11.9. The number of hydrogen-bond acceptors (Lipinski definition) is 6.